The second-order valence-corrected chi connectivity index (χ2v) is 6.74. The maximum Gasteiger partial charge on any atom is 0.236 e. The van der Waals surface area contributed by atoms with Crippen LogP contribution in [0.3, 0.4) is 0 Å². The molecule has 0 fully saturated rings. The van der Waals surface area contributed by atoms with Gasteiger partial charge >= 0.3 is 0 Å². The zero-order valence-electron chi connectivity index (χ0n) is 11.6. The molecule has 6 heteroatoms. The lowest BCUT2D eigenvalue weighted by molar-refractivity contribution is 0.579. The summed E-state index contributed by atoms with van der Waals surface area (Å²) in [4.78, 5) is 4.24. The fraction of sp³-hybridized carbons (Fsp3) is 0.357. The average molecular weight is 293 g/mol. The van der Waals surface area contributed by atoms with Gasteiger partial charge in [-0.05, 0) is 25.6 Å². The lowest BCUT2D eigenvalue weighted by Gasteiger charge is -2.15. The Morgan fingerprint density at radius 1 is 1.25 bits per heavy atom. The van der Waals surface area contributed by atoms with E-state index in [0.29, 0.717) is 17.7 Å². The van der Waals surface area contributed by atoms with E-state index in [4.69, 9.17) is 0 Å². The standard InChI is InChI=1S/C14H19N3O2S/c1-3-15-10-11(2)20(18,19)17-13-8-4-6-12-7-5-9-16-14(12)13/h4-9,11,15,17H,3,10H2,1-2H3. The third kappa shape index (κ3) is 3.26. The number of para-hydroxylation sites is 1. The lowest BCUT2D eigenvalue weighted by Crippen LogP contribution is -2.34. The molecule has 1 aromatic carbocycles. The predicted molar refractivity (Wildman–Crippen MR) is 82.3 cm³/mol. The number of anilines is 1. The number of rotatable bonds is 6. The molecule has 0 amide bonds. The van der Waals surface area contributed by atoms with Gasteiger partial charge in [-0.1, -0.05) is 25.1 Å². The summed E-state index contributed by atoms with van der Waals surface area (Å²) in [6.07, 6.45) is 1.65. The summed E-state index contributed by atoms with van der Waals surface area (Å²) in [5.74, 6) is 0. The molecule has 1 atom stereocenters. The third-order valence-corrected chi connectivity index (χ3v) is 4.83. The first-order valence-corrected chi connectivity index (χ1v) is 8.15. The van der Waals surface area contributed by atoms with E-state index in [1.807, 2.05) is 31.2 Å². The Bertz CT molecular complexity index is 680. The van der Waals surface area contributed by atoms with Crippen LogP contribution in [-0.4, -0.2) is 31.7 Å². The smallest absolute Gasteiger partial charge is 0.236 e. The zero-order chi connectivity index (χ0) is 14.6. The highest BCUT2D eigenvalue weighted by molar-refractivity contribution is 7.93. The van der Waals surface area contributed by atoms with Crippen LogP contribution in [0.25, 0.3) is 10.9 Å². The fourth-order valence-corrected chi connectivity index (χ4v) is 2.91. The van der Waals surface area contributed by atoms with Crippen LogP contribution in [0.4, 0.5) is 5.69 Å². The summed E-state index contributed by atoms with van der Waals surface area (Å²) in [5, 5.41) is 3.44. The first-order valence-electron chi connectivity index (χ1n) is 6.60. The summed E-state index contributed by atoms with van der Waals surface area (Å²) in [6, 6.07) is 9.18. The van der Waals surface area contributed by atoms with Gasteiger partial charge < -0.3 is 5.32 Å². The molecule has 0 aliphatic carbocycles. The van der Waals surface area contributed by atoms with Gasteiger partial charge in [-0.3, -0.25) is 9.71 Å². The van der Waals surface area contributed by atoms with Gasteiger partial charge in [0.1, 0.15) is 0 Å². The minimum atomic E-state index is -3.43. The SMILES string of the molecule is CCNCC(C)S(=O)(=O)Nc1cccc2cccnc12. The minimum Gasteiger partial charge on any atom is -0.316 e. The van der Waals surface area contributed by atoms with Gasteiger partial charge in [-0.2, -0.15) is 0 Å². The van der Waals surface area contributed by atoms with Crippen LogP contribution in [-0.2, 0) is 10.0 Å². The molecule has 1 heterocycles. The Morgan fingerprint density at radius 2 is 2.00 bits per heavy atom. The van der Waals surface area contributed by atoms with Crippen molar-refractivity contribution in [3.8, 4) is 0 Å². The largest absolute Gasteiger partial charge is 0.316 e. The van der Waals surface area contributed by atoms with E-state index < -0.39 is 15.3 Å². The monoisotopic (exact) mass is 293 g/mol. The van der Waals surface area contributed by atoms with E-state index in [-0.39, 0.29) is 0 Å². The number of nitrogens with one attached hydrogen (secondary N) is 2. The van der Waals surface area contributed by atoms with Gasteiger partial charge in [-0.15, -0.1) is 0 Å². The van der Waals surface area contributed by atoms with Crippen LogP contribution >= 0.6 is 0 Å². The van der Waals surface area contributed by atoms with Crippen LogP contribution < -0.4 is 10.0 Å². The fourth-order valence-electron chi connectivity index (χ4n) is 1.90. The van der Waals surface area contributed by atoms with E-state index >= 15 is 0 Å². The Labute approximate surface area is 119 Å². The summed E-state index contributed by atoms with van der Waals surface area (Å²) in [6.45, 7) is 4.80. The molecule has 0 radical (unpaired) electrons. The van der Waals surface area contributed by atoms with Crippen molar-refractivity contribution in [3.05, 3.63) is 36.5 Å². The van der Waals surface area contributed by atoms with Gasteiger partial charge in [0.25, 0.3) is 0 Å². The van der Waals surface area contributed by atoms with E-state index in [0.717, 1.165) is 11.9 Å². The van der Waals surface area contributed by atoms with Gasteiger partial charge in [0.15, 0.2) is 0 Å². The highest BCUT2D eigenvalue weighted by atomic mass is 32.2. The third-order valence-electron chi connectivity index (χ3n) is 3.10. The van der Waals surface area contributed by atoms with Gasteiger partial charge in [0.2, 0.25) is 10.0 Å². The predicted octanol–water partition coefficient (Wildman–Crippen LogP) is 1.97. The molecule has 2 aromatic rings. The van der Waals surface area contributed by atoms with Crippen LogP contribution in [0.1, 0.15) is 13.8 Å². The van der Waals surface area contributed by atoms with Gasteiger partial charge in [0, 0.05) is 18.1 Å². The van der Waals surface area contributed by atoms with Gasteiger partial charge in [0.05, 0.1) is 16.5 Å². The molecule has 108 valence electrons. The summed E-state index contributed by atoms with van der Waals surface area (Å²) in [5.41, 5.74) is 1.18. The molecule has 0 spiro atoms. The lowest BCUT2D eigenvalue weighted by atomic mass is 10.2. The molecule has 0 saturated heterocycles. The van der Waals surface area contributed by atoms with Crippen molar-refractivity contribution < 1.29 is 8.42 Å². The molecule has 5 nitrogen and oxygen atoms in total. The zero-order valence-corrected chi connectivity index (χ0v) is 12.4. The first-order chi connectivity index (χ1) is 9.54. The number of hydrogen-bond donors (Lipinski definition) is 2. The number of pyridine rings is 1. The summed E-state index contributed by atoms with van der Waals surface area (Å²) < 4.78 is 27.2. The number of sulfonamides is 1. The van der Waals surface area contributed by atoms with Crippen molar-refractivity contribution >= 4 is 26.6 Å². The molecule has 0 aliphatic heterocycles. The van der Waals surface area contributed by atoms with E-state index in [1.54, 1.807) is 19.2 Å². The summed E-state index contributed by atoms with van der Waals surface area (Å²) >= 11 is 0. The Morgan fingerprint density at radius 3 is 2.75 bits per heavy atom. The second kappa shape index (κ2) is 6.19. The topological polar surface area (TPSA) is 71.1 Å². The number of nitrogens with zero attached hydrogens (tertiary/aromatic N) is 1. The number of hydrogen-bond acceptors (Lipinski definition) is 4. The summed E-state index contributed by atoms with van der Waals surface area (Å²) in [7, 11) is -3.43. The Balaban J connectivity index is 2.27. The molecule has 1 unspecified atom stereocenters. The molecular weight excluding hydrogens is 274 g/mol. The van der Waals surface area contributed by atoms with E-state index in [2.05, 4.69) is 15.0 Å². The molecule has 2 N–H and O–H groups in total. The van der Waals surface area contributed by atoms with E-state index in [9.17, 15) is 8.42 Å². The van der Waals surface area contributed by atoms with Crippen LogP contribution in [0.15, 0.2) is 36.5 Å². The van der Waals surface area contributed by atoms with Crippen molar-refractivity contribution in [3.63, 3.8) is 0 Å². The van der Waals surface area contributed by atoms with Crippen LogP contribution in [0, 0.1) is 0 Å². The van der Waals surface area contributed by atoms with Crippen molar-refractivity contribution in [1.29, 1.82) is 0 Å². The second-order valence-electron chi connectivity index (χ2n) is 4.65. The Hall–Kier alpha value is -1.66. The minimum absolute atomic E-state index is 0.421. The van der Waals surface area contributed by atoms with Crippen LogP contribution in [0.2, 0.25) is 0 Å². The maximum absolute atomic E-state index is 12.3. The van der Waals surface area contributed by atoms with Gasteiger partial charge in [-0.25, -0.2) is 8.42 Å². The van der Waals surface area contributed by atoms with Crippen molar-refractivity contribution in [2.24, 2.45) is 0 Å². The van der Waals surface area contributed by atoms with Crippen molar-refractivity contribution in [2.75, 3.05) is 17.8 Å². The molecule has 2 rings (SSSR count). The molecule has 0 aliphatic rings. The average Bonchev–Trinajstić information content (AvgIpc) is 2.44. The Kier molecular flexibility index (Phi) is 4.57. The highest BCUT2D eigenvalue weighted by Gasteiger charge is 2.21. The number of aromatic nitrogens is 1. The van der Waals surface area contributed by atoms with Crippen LogP contribution in [0.5, 0.6) is 0 Å². The normalized spacial score (nSPS) is 13.3. The van der Waals surface area contributed by atoms with Crippen molar-refractivity contribution in [1.82, 2.24) is 10.3 Å². The molecule has 1 aromatic heterocycles. The van der Waals surface area contributed by atoms with E-state index in [1.165, 1.54) is 0 Å². The molecule has 20 heavy (non-hydrogen) atoms. The number of fused-ring (bicyclic) bond motifs is 1. The molecule has 0 bridgehead atoms. The number of benzene rings is 1. The maximum atomic E-state index is 12.3. The first kappa shape index (κ1) is 14.7. The molecule has 0 saturated carbocycles. The highest BCUT2D eigenvalue weighted by Crippen LogP contribution is 2.22. The quantitative estimate of drug-likeness (QED) is 0.854. The van der Waals surface area contributed by atoms with Crippen molar-refractivity contribution in [2.45, 2.75) is 19.1 Å². The molecular formula is C14H19N3O2S.